The van der Waals surface area contributed by atoms with E-state index in [9.17, 15) is 4.79 Å². The van der Waals surface area contributed by atoms with Crippen LogP contribution in [0.4, 0.5) is 0 Å². The highest BCUT2D eigenvalue weighted by Crippen LogP contribution is 2.20. The van der Waals surface area contributed by atoms with Crippen molar-refractivity contribution in [3.8, 4) is 11.3 Å². The number of rotatable bonds is 4. The third-order valence-corrected chi connectivity index (χ3v) is 4.00. The minimum atomic E-state index is -0.241. The fraction of sp³-hybridized carbons (Fsp3) is 0.0667. The molecule has 3 rings (SSSR count). The van der Waals surface area contributed by atoms with Crippen LogP contribution in [0.3, 0.4) is 0 Å². The number of nitrogens with zero attached hydrogens (tertiary/aromatic N) is 1. The Bertz CT molecular complexity index is 753. The van der Waals surface area contributed by atoms with Gasteiger partial charge in [-0.1, -0.05) is 0 Å². The largest absolute Gasteiger partial charge is 0.444 e. The smallest absolute Gasteiger partial charge is 0.287 e. The maximum atomic E-state index is 11.9. The van der Waals surface area contributed by atoms with Crippen molar-refractivity contribution >= 4 is 33.2 Å². The van der Waals surface area contributed by atoms with Crippen LogP contribution in [0.1, 0.15) is 16.1 Å². The maximum absolute atomic E-state index is 11.9. The van der Waals surface area contributed by atoms with E-state index in [4.69, 9.17) is 4.42 Å². The summed E-state index contributed by atoms with van der Waals surface area (Å²) in [6, 6.07) is 9.20. The molecule has 0 saturated carbocycles. The molecule has 6 heteroatoms. The zero-order valence-electron chi connectivity index (χ0n) is 10.9. The lowest BCUT2D eigenvalue weighted by Crippen LogP contribution is -2.22. The van der Waals surface area contributed by atoms with Crippen molar-refractivity contribution in [2.45, 2.75) is 6.54 Å². The molecule has 0 aliphatic rings. The van der Waals surface area contributed by atoms with E-state index in [-0.39, 0.29) is 11.7 Å². The summed E-state index contributed by atoms with van der Waals surface area (Å²) in [5, 5.41) is 6.88. The van der Waals surface area contributed by atoms with Crippen LogP contribution < -0.4 is 5.32 Å². The lowest BCUT2D eigenvalue weighted by molar-refractivity contribution is 0.0922. The minimum absolute atomic E-state index is 0.241. The van der Waals surface area contributed by atoms with E-state index in [1.165, 1.54) is 0 Å². The van der Waals surface area contributed by atoms with Gasteiger partial charge in [-0.25, -0.2) is 0 Å². The van der Waals surface area contributed by atoms with Gasteiger partial charge in [0.1, 0.15) is 0 Å². The van der Waals surface area contributed by atoms with Gasteiger partial charge in [-0.15, -0.1) is 0 Å². The number of carbonyl (C=O) groups excluding carboxylic acids is 1. The van der Waals surface area contributed by atoms with Crippen LogP contribution >= 0.6 is 27.3 Å². The average molecular weight is 363 g/mol. The number of hydrogen-bond acceptors (Lipinski definition) is 4. The lowest BCUT2D eigenvalue weighted by atomic mass is 10.1. The molecule has 0 unspecified atom stereocenters. The Morgan fingerprint density at radius 3 is 2.95 bits per heavy atom. The first-order valence-electron chi connectivity index (χ1n) is 6.23. The van der Waals surface area contributed by atoms with E-state index in [0.717, 1.165) is 16.8 Å². The molecule has 21 heavy (non-hydrogen) atoms. The topological polar surface area (TPSA) is 55.1 Å². The molecule has 0 bridgehead atoms. The molecule has 106 valence electrons. The summed E-state index contributed by atoms with van der Waals surface area (Å²) < 4.78 is 5.75. The second-order valence-electron chi connectivity index (χ2n) is 4.35. The van der Waals surface area contributed by atoms with Crippen molar-refractivity contribution in [3.05, 3.63) is 63.3 Å². The van der Waals surface area contributed by atoms with Gasteiger partial charge in [0.15, 0.2) is 10.4 Å². The van der Waals surface area contributed by atoms with Crippen molar-refractivity contribution in [3.63, 3.8) is 0 Å². The summed E-state index contributed by atoms with van der Waals surface area (Å²) in [5.41, 5.74) is 2.98. The number of pyridine rings is 1. The Labute approximate surface area is 134 Å². The fourth-order valence-electron chi connectivity index (χ4n) is 1.86. The van der Waals surface area contributed by atoms with Crippen LogP contribution in [0.5, 0.6) is 0 Å². The lowest BCUT2D eigenvalue weighted by Gasteiger charge is -2.05. The second-order valence-corrected chi connectivity index (χ2v) is 5.91. The molecule has 3 aromatic rings. The normalized spacial score (nSPS) is 10.5. The first-order chi connectivity index (χ1) is 10.2. The SMILES string of the molecule is O=C(NCc1ccnc(-c2ccsc2)c1)c1ccc(Br)o1. The van der Waals surface area contributed by atoms with Gasteiger partial charge < -0.3 is 9.73 Å². The molecule has 0 fully saturated rings. The number of furan rings is 1. The zero-order chi connectivity index (χ0) is 14.7. The van der Waals surface area contributed by atoms with Crippen molar-refractivity contribution < 1.29 is 9.21 Å². The van der Waals surface area contributed by atoms with E-state index in [1.807, 2.05) is 29.0 Å². The molecule has 0 spiro atoms. The summed E-state index contributed by atoms with van der Waals surface area (Å²) in [7, 11) is 0. The van der Waals surface area contributed by atoms with Gasteiger partial charge in [-0.2, -0.15) is 11.3 Å². The van der Waals surface area contributed by atoms with E-state index < -0.39 is 0 Å². The molecule has 0 aliphatic heterocycles. The third-order valence-electron chi connectivity index (χ3n) is 2.89. The molecule has 3 heterocycles. The number of thiophene rings is 1. The Kier molecular flexibility index (Phi) is 4.17. The predicted octanol–water partition coefficient (Wildman–Crippen LogP) is 4.10. The van der Waals surface area contributed by atoms with Crippen LogP contribution in [0.2, 0.25) is 0 Å². The standard InChI is InChI=1S/C15H11BrN2O2S/c16-14-2-1-13(20-14)15(19)18-8-10-3-5-17-12(7-10)11-4-6-21-9-11/h1-7,9H,8H2,(H,18,19). The fourth-order valence-corrected chi connectivity index (χ4v) is 2.81. The highest BCUT2D eigenvalue weighted by atomic mass is 79.9. The zero-order valence-corrected chi connectivity index (χ0v) is 13.3. The Morgan fingerprint density at radius 1 is 1.33 bits per heavy atom. The Balaban J connectivity index is 1.68. The summed E-state index contributed by atoms with van der Waals surface area (Å²) in [4.78, 5) is 16.2. The van der Waals surface area contributed by atoms with Crippen molar-refractivity contribution in [2.24, 2.45) is 0 Å². The average Bonchev–Trinajstić information content (AvgIpc) is 3.16. The molecule has 1 N–H and O–H groups in total. The summed E-state index contributed by atoms with van der Waals surface area (Å²) in [6.45, 7) is 0.427. The van der Waals surface area contributed by atoms with Crippen LogP contribution in [-0.4, -0.2) is 10.9 Å². The van der Waals surface area contributed by atoms with Crippen LogP contribution in [0.15, 0.2) is 56.4 Å². The van der Waals surface area contributed by atoms with Crippen molar-refractivity contribution in [1.29, 1.82) is 0 Å². The van der Waals surface area contributed by atoms with Gasteiger partial charge in [0.2, 0.25) is 0 Å². The van der Waals surface area contributed by atoms with Gasteiger partial charge in [0.25, 0.3) is 5.91 Å². The molecule has 4 nitrogen and oxygen atoms in total. The van der Waals surface area contributed by atoms with Crippen LogP contribution in [0.25, 0.3) is 11.3 Å². The number of nitrogens with one attached hydrogen (secondary N) is 1. The molecule has 0 radical (unpaired) electrons. The second kappa shape index (κ2) is 6.24. The molecule has 1 amide bonds. The number of hydrogen-bond donors (Lipinski definition) is 1. The predicted molar refractivity (Wildman–Crippen MR) is 85.1 cm³/mol. The first kappa shape index (κ1) is 14.0. The molecule has 0 saturated heterocycles. The molecule has 0 aliphatic carbocycles. The number of halogens is 1. The van der Waals surface area contributed by atoms with Gasteiger partial charge in [0.05, 0.1) is 5.69 Å². The summed E-state index contributed by atoms with van der Waals surface area (Å²) in [5.74, 6) is 0.0450. The molecular formula is C15H11BrN2O2S. The Morgan fingerprint density at radius 2 is 2.24 bits per heavy atom. The first-order valence-corrected chi connectivity index (χ1v) is 7.97. The highest BCUT2D eigenvalue weighted by molar-refractivity contribution is 9.10. The highest BCUT2D eigenvalue weighted by Gasteiger charge is 2.10. The number of amides is 1. The van der Waals surface area contributed by atoms with E-state index in [2.05, 4.69) is 26.2 Å². The van der Waals surface area contributed by atoms with E-state index >= 15 is 0 Å². The Hall–Kier alpha value is -1.92. The van der Waals surface area contributed by atoms with Crippen molar-refractivity contribution in [2.75, 3.05) is 0 Å². The van der Waals surface area contributed by atoms with Gasteiger partial charge in [-0.3, -0.25) is 9.78 Å². The molecule has 0 aromatic carbocycles. The van der Waals surface area contributed by atoms with Crippen molar-refractivity contribution in [1.82, 2.24) is 10.3 Å². The van der Waals surface area contributed by atoms with E-state index in [0.29, 0.717) is 11.2 Å². The molecular weight excluding hydrogens is 352 g/mol. The van der Waals surface area contributed by atoms with Gasteiger partial charge in [0, 0.05) is 23.7 Å². The minimum Gasteiger partial charge on any atom is -0.444 e. The maximum Gasteiger partial charge on any atom is 0.287 e. The summed E-state index contributed by atoms with van der Waals surface area (Å²) >= 11 is 4.81. The van der Waals surface area contributed by atoms with Crippen LogP contribution in [0, 0.1) is 0 Å². The van der Waals surface area contributed by atoms with Gasteiger partial charge >= 0.3 is 0 Å². The number of carbonyl (C=O) groups is 1. The molecule has 3 aromatic heterocycles. The van der Waals surface area contributed by atoms with E-state index in [1.54, 1.807) is 29.7 Å². The monoisotopic (exact) mass is 362 g/mol. The van der Waals surface area contributed by atoms with Gasteiger partial charge in [-0.05, 0) is 57.2 Å². The van der Waals surface area contributed by atoms with Crippen LogP contribution in [-0.2, 0) is 6.54 Å². The summed E-state index contributed by atoms with van der Waals surface area (Å²) in [6.07, 6.45) is 1.75. The third kappa shape index (κ3) is 3.40. The molecule has 0 atom stereocenters. The number of aromatic nitrogens is 1. The quantitative estimate of drug-likeness (QED) is 0.760.